The number of carbonyl (C=O) groups is 1. The minimum atomic E-state index is -0.105. The normalized spacial score (nSPS) is 19.8. The number of hydrogen-bond donors (Lipinski definition) is 1. The number of hydrogen-bond acceptors (Lipinski definition) is 2. The van der Waals surface area contributed by atoms with Gasteiger partial charge < -0.3 is 14.6 Å². The summed E-state index contributed by atoms with van der Waals surface area (Å²) in [7, 11) is 0. The number of fused-ring (bicyclic) bond motifs is 1. The van der Waals surface area contributed by atoms with Gasteiger partial charge in [0.25, 0.3) is 0 Å². The summed E-state index contributed by atoms with van der Waals surface area (Å²) in [6.07, 6.45) is 3.17. The lowest BCUT2D eigenvalue weighted by molar-refractivity contribution is -0.151. The number of benzene rings is 1. The minimum Gasteiger partial charge on any atom is -0.361 e. The van der Waals surface area contributed by atoms with Gasteiger partial charge in [-0.2, -0.15) is 0 Å². The highest BCUT2D eigenvalue weighted by molar-refractivity contribution is 5.88. The second-order valence-electron chi connectivity index (χ2n) is 4.95. The third kappa shape index (κ3) is 2.36. The highest BCUT2D eigenvalue weighted by atomic mass is 16.5. The van der Waals surface area contributed by atoms with Crippen LogP contribution >= 0.6 is 0 Å². The molecular formula is C15H18N2O2. The first-order valence-corrected chi connectivity index (χ1v) is 6.72. The summed E-state index contributed by atoms with van der Waals surface area (Å²) in [4.78, 5) is 17.4. The molecule has 100 valence electrons. The van der Waals surface area contributed by atoms with Gasteiger partial charge in [-0.25, -0.2) is 0 Å². The van der Waals surface area contributed by atoms with E-state index in [0.717, 1.165) is 36.0 Å². The molecule has 1 saturated heterocycles. The SMILES string of the molecule is CC1OCCCN1C(=O)Cc1c[nH]c2ccccc12. The summed E-state index contributed by atoms with van der Waals surface area (Å²) < 4.78 is 5.52. The van der Waals surface area contributed by atoms with Gasteiger partial charge in [0, 0.05) is 23.6 Å². The van der Waals surface area contributed by atoms with Crippen LogP contribution in [0.4, 0.5) is 0 Å². The number of amides is 1. The fourth-order valence-corrected chi connectivity index (χ4v) is 2.63. The topological polar surface area (TPSA) is 45.3 Å². The molecule has 1 aliphatic heterocycles. The highest BCUT2D eigenvalue weighted by Crippen LogP contribution is 2.20. The quantitative estimate of drug-likeness (QED) is 0.898. The molecule has 1 atom stereocenters. The Morgan fingerprint density at radius 1 is 1.47 bits per heavy atom. The van der Waals surface area contributed by atoms with E-state index < -0.39 is 0 Å². The second kappa shape index (κ2) is 5.05. The monoisotopic (exact) mass is 258 g/mol. The zero-order valence-electron chi connectivity index (χ0n) is 11.1. The number of aromatic amines is 1. The van der Waals surface area contributed by atoms with E-state index in [1.807, 2.05) is 42.3 Å². The molecule has 1 aromatic heterocycles. The van der Waals surface area contributed by atoms with Gasteiger partial charge in [-0.15, -0.1) is 0 Å². The number of carbonyl (C=O) groups excluding carboxylic acids is 1. The Morgan fingerprint density at radius 3 is 3.16 bits per heavy atom. The largest absolute Gasteiger partial charge is 0.361 e. The van der Waals surface area contributed by atoms with Crippen molar-refractivity contribution in [1.82, 2.24) is 9.88 Å². The smallest absolute Gasteiger partial charge is 0.229 e. The van der Waals surface area contributed by atoms with Crippen molar-refractivity contribution in [2.24, 2.45) is 0 Å². The van der Waals surface area contributed by atoms with Crippen molar-refractivity contribution in [2.45, 2.75) is 26.0 Å². The fourth-order valence-electron chi connectivity index (χ4n) is 2.63. The Labute approximate surface area is 112 Å². The van der Waals surface area contributed by atoms with E-state index >= 15 is 0 Å². The first-order chi connectivity index (χ1) is 9.25. The zero-order valence-corrected chi connectivity index (χ0v) is 11.1. The molecule has 0 aliphatic carbocycles. The molecule has 1 aromatic carbocycles. The molecule has 0 spiro atoms. The molecule has 1 aliphatic rings. The number of nitrogens with one attached hydrogen (secondary N) is 1. The van der Waals surface area contributed by atoms with Gasteiger partial charge in [-0.05, 0) is 25.0 Å². The number of nitrogens with zero attached hydrogens (tertiary/aromatic N) is 1. The molecule has 1 N–H and O–H groups in total. The van der Waals surface area contributed by atoms with E-state index in [-0.39, 0.29) is 12.1 Å². The first-order valence-electron chi connectivity index (χ1n) is 6.72. The maximum absolute atomic E-state index is 12.4. The molecule has 4 nitrogen and oxygen atoms in total. The van der Waals surface area contributed by atoms with Gasteiger partial charge in [0.1, 0.15) is 6.23 Å². The Bertz CT molecular complexity index is 591. The van der Waals surface area contributed by atoms with Crippen molar-refractivity contribution < 1.29 is 9.53 Å². The van der Waals surface area contributed by atoms with Gasteiger partial charge in [-0.3, -0.25) is 4.79 Å². The molecule has 1 fully saturated rings. The predicted molar refractivity (Wildman–Crippen MR) is 73.7 cm³/mol. The number of rotatable bonds is 2. The van der Waals surface area contributed by atoms with E-state index in [2.05, 4.69) is 4.98 Å². The highest BCUT2D eigenvalue weighted by Gasteiger charge is 2.24. The lowest BCUT2D eigenvalue weighted by Crippen LogP contribution is -2.45. The summed E-state index contributed by atoms with van der Waals surface area (Å²) in [5, 5.41) is 1.13. The van der Waals surface area contributed by atoms with Gasteiger partial charge in [0.2, 0.25) is 5.91 Å². The Hall–Kier alpha value is -1.81. The number of H-pyrrole nitrogens is 1. The minimum absolute atomic E-state index is 0.105. The number of aromatic nitrogens is 1. The third-order valence-electron chi connectivity index (χ3n) is 3.68. The maximum Gasteiger partial charge on any atom is 0.229 e. The van der Waals surface area contributed by atoms with Crippen molar-refractivity contribution >= 4 is 16.8 Å². The van der Waals surface area contributed by atoms with Crippen LogP contribution in [0.15, 0.2) is 30.5 Å². The summed E-state index contributed by atoms with van der Waals surface area (Å²) in [6.45, 7) is 3.48. The van der Waals surface area contributed by atoms with Crippen LogP contribution in [0.2, 0.25) is 0 Å². The van der Waals surface area contributed by atoms with Crippen molar-refractivity contribution in [3.05, 3.63) is 36.0 Å². The van der Waals surface area contributed by atoms with Crippen molar-refractivity contribution in [2.75, 3.05) is 13.2 Å². The van der Waals surface area contributed by atoms with E-state index in [1.165, 1.54) is 0 Å². The molecule has 19 heavy (non-hydrogen) atoms. The summed E-state index contributed by atoms with van der Waals surface area (Å²) in [6, 6.07) is 8.06. The molecule has 0 saturated carbocycles. The first kappa shape index (κ1) is 12.2. The molecule has 3 rings (SSSR count). The molecule has 2 aromatic rings. The zero-order chi connectivity index (χ0) is 13.2. The van der Waals surface area contributed by atoms with Crippen molar-refractivity contribution in [3.8, 4) is 0 Å². The van der Waals surface area contributed by atoms with Gasteiger partial charge >= 0.3 is 0 Å². The van der Waals surface area contributed by atoms with Gasteiger partial charge in [-0.1, -0.05) is 18.2 Å². The van der Waals surface area contributed by atoms with E-state index in [0.29, 0.717) is 6.42 Å². The van der Waals surface area contributed by atoms with Crippen LogP contribution in [0.5, 0.6) is 0 Å². The van der Waals surface area contributed by atoms with Crippen LogP contribution in [-0.2, 0) is 16.0 Å². The van der Waals surface area contributed by atoms with Crippen LogP contribution in [0.3, 0.4) is 0 Å². The molecule has 0 bridgehead atoms. The number of para-hydroxylation sites is 1. The van der Waals surface area contributed by atoms with Crippen LogP contribution < -0.4 is 0 Å². The van der Waals surface area contributed by atoms with E-state index in [4.69, 9.17) is 4.74 Å². The molecule has 4 heteroatoms. The average Bonchev–Trinajstić information content (AvgIpc) is 2.83. The van der Waals surface area contributed by atoms with Crippen LogP contribution in [0, 0.1) is 0 Å². The number of ether oxygens (including phenoxy) is 1. The molecule has 2 heterocycles. The van der Waals surface area contributed by atoms with Crippen molar-refractivity contribution in [1.29, 1.82) is 0 Å². The molecule has 1 unspecified atom stereocenters. The molecular weight excluding hydrogens is 240 g/mol. The second-order valence-corrected chi connectivity index (χ2v) is 4.95. The Morgan fingerprint density at radius 2 is 2.32 bits per heavy atom. The van der Waals surface area contributed by atoms with Crippen LogP contribution in [0.25, 0.3) is 10.9 Å². The maximum atomic E-state index is 12.4. The lowest BCUT2D eigenvalue weighted by atomic mass is 10.1. The summed E-state index contributed by atoms with van der Waals surface area (Å²) in [5.74, 6) is 0.136. The standard InChI is InChI=1S/C15H18N2O2/c1-11-17(7-4-8-19-11)15(18)9-12-10-16-14-6-3-2-5-13(12)14/h2-3,5-6,10-11,16H,4,7-9H2,1H3. The van der Waals surface area contributed by atoms with Crippen molar-refractivity contribution in [3.63, 3.8) is 0 Å². The third-order valence-corrected chi connectivity index (χ3v) is 3.68. The van der Waals surface area contributed by atoms with Crippen LogP contribution in [0.1, 0.15) is 18.9 Å². The fraction of sp³-hybridized carbons (Fsp3) is 0.400. The van der Waals surface area contributed by atoms with E-state index in [1.54, 1.807) is 0 Å². The van der Waals surface area contributed by atoms with Gasteiger partial charge in [0.15, 0.2) is 0 Å². The molecule has 1 amide bonds. The molecule has 0 radical (unpaired) electrons. The summed E-state index contributed by atoms with van der Waals surface area (Å²) in [5.41, 5.74) is 2.13. The Balaban J connectivity index is 1.79. The van der Waals surface area contributed by atoms with Gasteiger partial charge in [0.05, 0.1) is 13.0 Å². The predicted octanol–water partition coefficient (Wildman–Crippen LogP) is 2.31. The van der Waals surface area contributed by atoms with Crippen LogP contribution in [-0.4, -0.2) is 35.2 Å². The Kier molecular flexibility index (Phi) is 3.25. The summed E-state index contributed by atoms with van der Waals surface area (Å²) >= 11 is 0. The lowest BCUT2D eigenvalue weighted by Gasteiger charge is -2.33. The van der Waals surface area contributed by atoms with E-state index in [9.17, 15) is 4.79 Å². The average molecular weight is 258 g/mol.